The number of aromatic nitrogens is 2. The topological polar surface area (TPSA) is 65.5 Å². The number of nitrogens with zero attached hydrogens (tertiary/aromatic N) is 2. The Morgan fingerprint density at radius 2 is 1.48 bits per heavy atom. The van der Waals surface area contributed by atoms with Crippen LogP contribution < -0.4 is 19.5 Å². The number of anilines is 1. The molecule has 0 amide bonds. The molecule has 2 aromatic carbocycles. The van der Waals surface area contributed by atoms with Crippen LogP contribution in [0.1, 0.15) is 11.3 Å². The van der Waals surface area contributed by atoms with Crippen molar-refractivity contribution >= 4 is 16.9 Å². The maximum Gasteiger partial charge on any atom is 0.203 e. The van der Waals surface area contributed by atoms with Crippen LogP contribution in [-0.4, -0.2) is 38.3 Å². The fourth-order valence-corrected chi connectivity index (χ4v) is 2.79. The van der Waals surface area contributed by atoms with Crippen LogP contribution in [0, 0.1) is 0 Å². The summed E-state index contributed by atoms with van der Waals surface area (Å²) in [7, 11) is 6.65. The Morgan fingerprint density at radius 1 is 0.880 bits per heavy atom. The van der Waals surface area contributed by atoms with E-state index in [1.807, 2.05) is 43.4 Å². The second-order valence-corrected chi connectivity index (χ2v) is 5.47. The minimum atomic E-state index is 0.576. The lowest BCUT2D eigenvalue weighted by Crippen LogP contribution is -2.04. The molecule has 1 N–H and O–H groups in total. The van der Waals surface area contributed by atoms with Crippen LogP contribution in [0.25, 0.3) is 11.0 Å². The van der Waals surface area contributed by atoms with Crippen LogP contribution in [0.2, 0.25) is 0 Å². The highest BCUT2D eigenvalue weighted by molar-refractivity contribution is 5.76. The summed E-state index contributed by atoms with van der Waals surface area (Å²) in [4.78, 5) is 9.40. The van der Waals surface area contributed by atoms with E-state index in [-0.39, 0.29) is 0 Å². The van der Waals surface area contributed by atoms with Gasteiger partial charge >= 0.3 is 0 Å². The zero-order chi connectivity index (χ0) is 17.8. The highest BCUT2D eigenvalue weighted by Gasteiger charge is 2.15. The third-order valence-electron chi connectivity index (χ3n) is 3.98. The number of benzene rings is 2. The highest BCUT2D eigenvalue weighted by atomic mass is 16.5. The standard InChI is InChI=1S/C19H21N3O3/c1-20-19-15(21-13-7-5-6-8-14(13)22-19)9-12-10-16(23-2)18(25-4)17(11-12)24-3/h5-8,10-11H,9H2,1-4H3,(H,20,22). The van der Waals surface area contributed by atoms with Gasteiger partial charge in [0.25, 0.3) is 0 Å². The summed E-state index contributed by atoms with van der Waals surface area (Å²) < 4.78 is 16.2. The number of ether oxygens (including phenoxy) is 3. The first kappa shape index (κ1) is 16.8. The van der Waals surface area contributed by atoms with Crippen molar-refractivity contribution in [3.05, 3.63) is 47.7 Å². The summed E-state index contributed by atoms with van der Waals surface area (Å²) >= 11 is 0. The molecule has 0 fully saturated rings. The predicted molar refractivity (Wildman–Crippen MR) is 98.0 cm³/mol. The van der Waals surface area contributed by atoms with Crippen LogP contribution in [0.5, 0.6) is 17.2 Å². The lowest BCUT2D eigenvalue weighted by atomic mass is 10.1. The molecule has 0 saturated carbocycles. The van der Waals surface area contributed by atoms with Gasteiger partial charge in [-0.15, -0.1) is 0 Å². The van der Waals surface area contributed by atoms with Crippen molar-refractivity contribution in [2.24, 2.45) is 0 Å². The Kier molecular flexibility index (Phi) is 4.88. The first-order valence-electron chi connectivity index (χ1n) is 7.92. The Balaban J connectivity index is 2.06. The number of rotatable bonds is 6. The van der Waals surface area contributed by atoms with Crippen molar-refractivity contribution in [2.45, 2.75) is 6.42 Å². The van der Waals surface area contributed by atoms with E-state index in [0.29, 0.717) is 23.7 Å². The molecular formula is C19H21N3O3. The van der Waals surface area contributed by atoms with E-state index in [1.54, 1.807) is 21.3 Å². The number of methoxy groups -OCH3 is 3. The van der Waals surface area contributed by atoms with Gasteiger partial charge in [-0.05, 0) is 29.8 Å². The molecular weight excluding hydrogens is 318 g/mol. The molecule has 3 aromatic rings. The van der Waals surface area contributed by atoms with Crippen LogP contribution in [0.3, 0.4) is 0 Å². The van der Waals surface area contributed by atoms with Gasteiger partial charge in [-0.25, -0.2) is 9.97 Å². The van der Waals surface area contributed by atoms with E-state index in [0.717, 1.165) is 28.1 Å². The average Bonchev–Trinajstić information content (AvgIpc) is 2.66. The summed E-state index contributed by atoms with van der Waals surface area (Å²) in [6.45, 7) is 0. The number of hydrogen-bond acceptors (Lipinski definition) is 6. The normalized spacial score (nSPS) is 10.6. The van der Waals surface area contributed by atoms with E-state index in [9.17, 15) is 0 Å². The third kappa shape index (κ3) is 3.28. The van der Waals surface area contributed by atoms with Gasteiger partial charge in [-0.2, -0.15) is 0 Å². The molecule has 0 saturated heterocycles. The maximum atomic E-state index is 5.43. The number of nitrogens with one attached hydrogen (secondary N) is 1. The van der Waals surface area contributed by atoms with Gasteiger partial charge in [0.15, 0.2) is 11.5 Å². The molecule has 0 aliphatic carbocycles. The van der Waals surface area contributed by atoms with Gasteiger partial charge in [-0.3, -0.25) is 0 Å². The molecule has 0 unspecified atom stereocenters. The lowest BCUT2D eigenvalue weighted by Gasteiger charge is -2.15. The molecule has 25 heavy (non-hydrogen) atoms. The fourth-order valence-electron chi connectivity index (χ4n) is 2.79. The Bertz CT molecular complexity index is 871. The minimum absolute atomic E-state index is 0.576. The van der Waals surface area contributed by atoms with Crippen LogP contribution in [0.15, 0.2) is 36.4 Å². The zero-order valence-corrected chi connectivity index (χ0v) is 14.8. The van der Waals surface area contributed by atoms with E-state index >= 15 is 0 Å². The zero-order valence-electron chi connectivity index (χ0n) is 14.8. The van der Waals surface area contributed by atoms with Crippen molar-refractivity contribution in [1.82, 2.24) is 9.97 Å². The summed E-state index contributed by atoms with van der Waals surface area (Å²) in [6.07, 6.45) is 0.588. The predicted octanol–water partition coefficient (Wildman–Crippen LogP) is 3.29. The first-order chi connectivity index (χ1) is 12.2. The second kappa shape index (κ2) is 7.25. The molecule has 130 valence electrons. The number of fused-ring (bicyclic) bond motifs is 1. The van der Waals surface area contributed by atoms with E-state index in [1.165, 1.54) is 0 Å². The number of para-hydroxylation sites is 2. The Labute approximate surface area is 146 Å². The van der Waals surface area contributed by atoms with Crippen LogP contribution >= 0.6 is 0 Å². The van der Waals surface area contributed by atoms with E-state index in [4.69, 9.17) is 19.2 Å². The molecule has 1 heterocycles. The van der Waals surface area contributed by atoms with Gasteiger partial charge in [0.1, 0.15) is 5.82 Å². The molecule has 0 aliphatic heterocycles. The molecule has 1 aromatic heterocycles. The largest absolute Gasteiger partial charge is 0.493 e. The molecule has 6 heteroatoms. The molecule has 0 aliphatic rings. The van der Waals surface area contributed by atoms with Crippen molar-refractivity contribution in [3.8, 4) is 17.2 Å². The fraction of sp³-hybridized carbons (Fsp3) is 0.263. The van der Waals surface area contributed by atoms with Gasteiger partial charge in [-0.1, -0.05) is 12.1 Å². The monoisotopic (exact) mass is 339 g/mol. The molecule has 0 spiro atoms. The summed E-state index contributed by atoms with van der Waals surface area (Å²) in [6, 6.07) is 11.7. The van der Waals surface area contributed by atoms with E-state index < -0.39 is 0 Å². The maximum absolute atomic E-state index is 5.43. The molecule has 3 rings (SSSR count). The number of hydrogen-bond donors (Lipinski definition) is 1. The molecule has 0 atom stereocenters. The van der Waals surface area contributed by atoms with E-state index in [2.05, 4.69) is 10.3 Å². The lowest BCUT2D eigenvalue weighted by molar-refractivity contribution is 0.324. The third-order valence-corrected chi connectivity index (χ3v) is 3.98. The Morgan fingerprint density at radius 3 is 2.00 bits per heavy atom. The van der Waals surface area contributed by atoms with Gasteiger partial charge < -0.3 is 19.5 Å². The average molecular weight is 339 g/mol. The molecule has 0 bridgehead atoms. The summed E-state index contributed by atoms with van der Waals surface area (Å²) in [5, 5.41) is 3.13. The van der Waals surface area contributed by atoms with Crippen LogP contribution in [-0.2, 0) is 6.42 Å². The minimum Gasteiger partial charge on any atom is -0.493 e. The van der Waals surface area contributed by atoms with Gasteiger partial charge in [0, 0.05) is 13.5 Å². The molecule has 6 nitrogen and oxygen atoms in total. The Hall–Kier alpha value is -3.02. The van der Waals surface area contributed by atoms with Crippen molar-refractivity contribution in [3.63, 3.8) is 0 Å². The van der Waals surface area contributed by atoms with Crippen molar-refractivity contribution in [2.75, 3.05) is 33.7 Å². The summed E-state index contributed by atoms with van der Waals surface area (Å²) in [5.74, 6) is 2.58. The van der Waals surface area contributed by atoms with Gasteiger partial charge in [0.2, 0.25) is 5.75 Å². The van der Waals surface area contributed by atoms with Crippen LogP contribution in [0.4, 0.5) is 5.82 Å². The van der Waals surface area contributed by atoms with Crippen molar-refractivity contribution in [1.29, 1.82) is 0 Å². The quantitative estimate of drug-likeness (QED) is 0.743. The summed E-state index contributed by atoms with van der Waals surface area (Å²) in [5.41, 5.74) is 3.58. The first-order valence-corrected chi connectivity index (χ1v) is 7.92. The smallest absolute Gasteiger partial charge is 0.203 e. The van der Waals surface area contributed by atoms with Crippen molar-refractivity contribution < 1.29 is 14.2 Å². The SMILES string of the molecule is CNc1nc2ccccc2nc1Cc1cc(OC)c(OC)c(OC)c1. The molecule has 0 radical (unpaired) electrons. The second-order valence-electron chi connectivity index (χ2n) is 5.47. The van der Waals surface area contributed by atoms with Gasteiger partial charge in [0.05, 0.1) is 38.1 Å². The highest BCUT2D eigenvalue weighted by Crippen LogP contribution is 2.38.